The summed E-state index contributed by atoms with van der Waals surface area (Å²) in [5.74, 6) is 0.187. The fourth-order valence-electron chi connectivity index (χ4n) is 4.60. The number of anilines is 2. The van der Waals surface area contributed by atoms with Gasteiger partial charge >= 0.3 is 0 Å². The molecule has 1 unspecified atom stereocenters. The van der Waals surface area contributed by atoms with E-state index in [9.17, 15) is 5.11 Å². The van der Waals surface area contributed by atoms with Crippen molar-refractivity contribution in [2.75, 3.05) is 10.6 Å². The van der Waals surface area contributed by atoms with Gasteiger partial charge in [-0.15, -0.1) is 0 Å². The Labute approximate surface area is 174 Å². The molecule has 0 radical (unpaired) electrons. The molecule has 0 spiro atoms. The van der Waals surface area contributed by atoms with E-state index < -0.39 is 6.10 Å². The Kier molecular flexibility index (Phi) is 3.58. The van der Waals surface area contributed by atoms with Crippen LogP contribution in [0.2, 0.25) is 0 Å². The maximum absolute atomic E-state index is 10.7. The number of nitrogens with one attached hydrogen (secondary N) is 3. The molecule has 6 rings (SSSR count). The summed E-state index contributed by atoms with van der Waals surface area (Å²) in [6, 6.07) is 24.1. The Bertz CT molecular complexity index is 1370. The lowest BCUT2D eigenvalue weighted by Crippen LogP contribution is -2.20. The number of hydrogen-bond acceptors (Lipinski definition) is 2. The average Bonchev–Trinajstić information content (AvgIpc) is 3.31. The zero-order valence-electron chi connectivity index (χ0n) is 16.1. The quantitative estimate of drug-likeness (QED) is 0.226. The van der Waals surface area contributed by atoms with Gasteiger partial charge in [-0.2, -0.15) is 0 Å². The number of benzene rings is 4. The van der Waals surface area contributed by atoms with E-state index in [0.717, 1.165) is 39.0 Å². The van der Waals surface area contributed by atoms with Crippen molar-refractivity contribution in [1.82, 2.24) is 0 Å². The van der Waals surface area contributed by atoms with Gasteiger partial charge in [0.15, 0.2) is 5.96 Å². The Morgan fingerprint density at radius 1 is 0.767 bits per heavy atom. The Hall–Kier alpha value is -3.89. The SMILES string of the molecule is N=C(Nc1ccc2c(c1)C(O)c1ccccc1-2)Nc1ccc2c3c(cccc13)C=C2. The van der Waals surface area contributed by atoms with Crippen LogP contribution in [-0.2, 0) is 0 Å². The van der Waals surface area contributed by atoms with Crippen molar-refractivity contribution in [3.8, 4) is 11.1 Å². The van der Waals surface area contributed by atoms with Crippen LogP contribution < -0.4 is 10.6 Å². The number of aliphatic hydroxyl groups is 1. The molecule has 0 aliphatic heterocycles. The molecule has 4 heteroatoms. The van der Waals surface area contributed by atoms with E-state index in [0.29, 0.717) is 0 Å². The van der Waals surface area contributed by atoms with Crippen LogP contribution in [0.15, 0.2) is 72.8 Å². The molecule has 144 valence electrons. The Balaban J connectivity index is 1.27. The van der Waals surface area contributed by atoms with E-state index in [1.165, 1.54) is 16.5 Å². The summed E-state index contributed by atoms with van der Waals surface area (Å²) < 4.78 is 0. The minimum Gasteiger partial charge on any atom is -0.384 e. The predicted molar refractivity (Wildman–Crippen MR) is 124 cm³/mol. The first kappa shape index (κ1) is 17.0. The van der Waals surface area contributed by atoms with Crippen molar-refractivity contribution in [1.29, 1.82) is 5.41 Å². The van der Waals surface area contributed by atoms with Gasteiger partial charge in [0.05, 0.1) is 0 Å². The topological polar surface area (TPSA) is 68.1 Å². The first-order valence-corrected chi connectivity index (χ1v) is 9.97. The van der Waals surface area contributed by atoms with Gasteiger partial charge in [-0.05, 0) is 57.0 Å². The Morgan fingerprint density at radius 3 is 2.47 bits per heavy atom. The lowest BCUT2D eigenvalue weighted by atomic mass is 10.0. The number of rotatable bonds is 2. The average molecular weight is 389 g/mol. The van der Waals surface area contributed by atoms with Gasteiger partial charge in [0, 0.05) is 16.8 Å². The van der Waals surface area contributed by atoms with Gasteiger partial charge in [0.2, 0.25) is 0 Å². The van der Waals surface area contributed by atoms with E-state index in [-0.39, 0.29) is 5.96 Å². The fraction of sp³-hybridized carbons (Fsp3) is 0.0385. The normalized spacial score (nSPS) is 15.2. The molecule has 0 aromatic heterocycles. The smallest absolute Gasteiger partial charge is 0.197 e. The second-order valence-electron chi connectivity index (χ2n) is 7.72. The van der Waals surface area contributed by atoms with E-state index in [4.69, 9.17) is 5.41 Å². The third-order valence-electron chi connectivity index (χ3n) is 5.97. The van der Waals surface area contributed by atoms with Crippen LogP contribution in [0.4, 0.5) is 11.4 Å². The maximum Gasteiger partial charge on any atom is 0.197 e. The van der Waals surface area contributed by atoms with E-state index in [1.54, 1.807) is 0 Å². The van der Waals surface area contributed by atoms with Crippen LogP contribution in [0.5, 0.6) is 0 Å². The number of aliphatic hydroxyl groups excluding tert-OH is 1. The second-order valence-corrected chi connectivity index (χ2v) is 7.72. The molecule has 4 N–H and O–H groups in total. The standard InChI is InChI=1S/C26H19N3O/c27-26(29-23-13-10-16-9-8-15-4-3-7-21(23)24(15)16)28-17-11-12-19-18-5-1-2-6-20(18)25(30)22(19)14-17/h1-14,25,30H,(H3,27,28,29). The summed E-state index contributed by atoms with van der Waals surface area (Å²) in [7, 11) is 0. The zero-order chi connectivity index (χ0) is 20.2. The van der Waals surface area contributed by atoms with Crippen molar-refractivity contribution in [3.05, 3.63) is 95.1 Å². The first-order valence-electron chi connectivity index (χ1n) is 9.97. The molecule has 0 saturated carbocycles. The molecule has 0 saturated heterocycles. The maximum atomic E-state index is 10.7. The van der Waals surface area contributed by atoms with Crippen LogP contribution >= 0.6 is 0 Å². The van der Waals surface area contributed by atoms with Crippen LogP contribution in [0, 0.1) is 5.41 Å². The van der Waals surface area contributed by atoms with Crippen molar-refractivity contribution in [2.45, 2.75) is 6.10 Å². The van der Waals surface area contributed by atoms with Gasteiger partial charge in [-0.25, -0.2) is 0 Å². The van der Waals surface area contributed by atoms with Crippen LogP contribution in [0.1, 0.15) is 28.4 Å². The highest BCUT2D eigenvalue weighted by molar-refractivity contribution is 6.13. The molecule has 1 atom stereocenters. The zero-order valence-corrected chi connectivity index (χ0v) is 16.1. The molecule has 0 fully saturated rings. The largest absolute Gasteiger partial charge is 0.384 e. The third-order valence-corrected chi connectivity index (χ3v) is 5.97. The van der Waals surface area contributed by atoms with E-state index in [2.05, 4.69) is 41.0 Å². The highest BCUT2D eigenvalue weighted by atomic mass is 16.3. The first-order chi connectivity index (χ1) is 14.7. The summed E-state index contributed by atoms with van der Waals surface area (Å²) in [5.41, 5.74) is 7.99. The third kappa shape index (κ3) is 2.48. The molecule has 2 aliphatic carbocycles. The minimum atomic E-state index is -0.635. The Morgan fingerprint density at radius 2 is 1.57 bits per heavy atom. The van der Waals surface area contributed by atoms with Gasteiger partial charge in [0.1, 0.15) is 6.10 Å². The van der Waals surface area contributed by atoms with Gasteiger partial charge in [-0.3, -0.25) is 5.41 Å². The highest BCUT2D eigenvalue weighted by Crippen LogP contribution is 2.44. The molecule has 2 aliphatic rings. The lowest BCUT2D eigenvalue weighted by Gasteiger charge is -2.15. The summed E-state index contributed by atoms with van der Waals surface area (Å²) >= 11 is 0. The van der Waals surface area contributed by atoms with Crippen LogP contribution in [-0.4, -0.2) is 11.1 Å². The number of fused-ring (bicyclic) bond motifs is 3. The fourth-order valence-corrected chi connectivity index (χ4v) is 4.60. The van der Waals surface area contributed by atoms with Gasteiger partial charge in [-0.1, -0.05) is 66.7 Å². The van der Waals surface area contributed by atoms with E-state index in [1.807, 2.05) is 54.6 Å². The van der Waals surface area contributed by atoms with Crippen LogP contribution in [0.25, 0.3) is 34.1 Å². The molecular weight excluding hydrogens is 370 g/mol. The lowest BCUT2D eigenvalue weighted by molar-refractivity contribution is 0.225. The van der Waals surface area contributed by atoms with Crippen molar-refractivity contribution in [3.63, 3.8) is 0 Å². The summed E-state index contributed by atoms with van der Waals surface area (Å²) in [6.45, 7) is 0. The summed E-state index contributed by atoms with van der Waals surface area (Å²) in [5, 5.41) is 27.8. The van der Waals surface area contributed by atoms with Crippen molar-refractivity contribution < 1.29 is 5.11 Å². The molecule has 0 heterocycles. The van der Waals surface area contributed by atoms with Gasteiger partial charge < -0.3 is 15.7 Å². The van der Waals surface area contributed by atoms with Crippen LogP contribution in [0.3, 0.4) is 0 Å². The molecule has 4 aromatic carbocycles. The molecular formula is C26H19N3O. The van der Waals surface area contributed by atoms with Gasteiger partial charge in [0.25, 0.3) is 0 Å². The van der Waals surface area contributed by atoms with Crippen molar-refractivity contribution in [2.24, 2.45) is 0 Å². The minimum absolute atomic E-state index is 0.187. The highest BCUT2D eigenvalue weighted by Gasteiger charge is 2.26. The van der Waals surface area contributed by atoms with E-state index >= 15 is 0 Å². The van der Waals surface area contributed by atoms with Crippen molar-refractivity contribution >= 4 is 40.3 Å². The predicted octanol–water partition coefficient (Wildman–Crippen LogP) is 5.84. The summed E-state index contributed by atoms with van der Waals surface area (Å²) in [4.78, 5) is 0. The number of guanidine groups is 1. The molecule has 4 nitrogen and oxygen atoms in total. The number of hydrogen-bond donors (Lipinski definition) is 4. The molecule has 4 aromatic rings. The molecule has 0 amide bonds. The monoisotopic (exact) mass is 389 g/mol. The molecule has 0 bridgehead atoms. The second kappa shape index (κ2) is 6.31. The summed E-state index contributed by atoms with van der Waals surface area (Å²) in [6.07, 6.45) is 3.61. The molecule has 30 heavy (non-hydrogen) atoms.